The second kappa shape index (κ2) is 6.72. The van der Waals surface area contributed by atoms with Gasteiger partial charge < -0.3 is 10.5 Å². The Morgan fingerprint density at radius 3 is 2.86 bits per heavy atom. The van der Waals surface area contributed by atoms with E-state index in [9.17, 15) is 8.42 Å². The minimum absolute atomic E-state index is 0.0261. The minimum atomic E-state index is -2.88. The van der Waals surface area contributed by atoms with Crippen LogP contribution in [0.5, 0.6) is 5.75 Å². The largest absolute Gasteiger partial charge is 0.492 e. The van der Waals surface area contributed by atoms with Crippen molar-refractivity contribution in [2.24, 2.45) is 5.73 Å². The molecule has 21 heavy (non-hydrogen) atoms. The predicted octanol–water partition coefficient (Wildman–Crippen LogP) is 0.819. The van der Waals surface area contributed by atoms with Crippen molar-refractivity contribution >= 4 is 27.0 Å². The van der Waals surface area contributed by atoms with E-state index in [1.54, 1.807) is 0 Å². The number of nitrogens with zero attached hydrogens (tertiary/aromatic N) is 1. The molecule has 1 atom stereocenters. The van der Waals surface area contributed by atoms with Gasteiger partial charge in [0.05, 0.1) is 17.1 Å². The number of hydrogen-bond acceptors (Lipinski definition) is 5. The highest BCUT2D eigenvalue weighted by molar-refractivity contribution is 7.91. The molecule has 7 heteroatoms. The van der Waals surface area contributed by atoms with Crippen molar-refractivity contribution < 1.29 is 13.2 Å². The van der Waals surface area contributed by atoms with Crippen molar-refractivity contribution in [3.63, 3.8) is 0 Å². The molecule has 1 fully saturated rings. The van der Waals surface area contributed by atoms with Gasteiger partial charge in [0.25, 0.3) is 0 Å². The Kier molecular flexibility index (Phi) is 5.18. The lowest BCUT2D eigenvalue weighted by atomic mass is 10.2. The van der Waals surface area contributed by atoms with Crippen LogP contribution in [0, 0.1) is 0 Å². The quantitative estimate of drug-likeness (QED) is 0.807. The van der Waals surface area contributed by atoms with E-state index in [0.717, 1.165) is 5.56 Å². The third-order valence-corrected chi connectivity index (χ3v) is 5.61. The molecule has 0 bridgehead atoms. The van der Waals surface area contributed by atoms with Crippen molar-refractivity contribution in [2.75, 3.05) is 31.2 Å². The number of thiocarbonyl (C=S) groups is 1. The summed E-state index contributed by atoms with van der Waals surface area (Å²) in [7, 11) is -2.88. The molecule has 1 aliphatic rings. The number of benzene rings is 1. The minimum Gasteiger partial charge on any atom is -0.492 e. The first-order valence-electron chi connectivity index (χ1n) is 6.85. The number of hydrogen-bond donors (Lipinski definition) is 1. The number of rotatable bonds is 5. The van der Waals surface area contributed by atoms with E-state index in [-0.39, 0.29) is 17.5 Å². The first-order chi connectivity index (χ1) is 9.89. The molecule has 1 aliphatic heterocycles. The van der Waals surface area contributed by atoms with Gasteiger partial charge in [0.15, 0.2) is 9.84 Å². The van der Waals surface area contributed by atoms with Crippen LogP contribution in [0.4, 0.5) is 0 Å². The van der Waals surface area contributed by atoms with E-state index in [2.05, 4.69) is 4.90 Å². The summed E-state index contributed by atoms with van der Waals surface area (Å²) in [4.78, 5) is 2.44. The maximum atomic E-state index is 11.5. The molecular formula is C14H20N2O3S2. The van der Waals surface area contributed by atoms with Crippen molar-refractivity contribution in [3.05, 3.63) is 29.8 Å². The smallest absolute Gasteiger partial charge is 0.153 e. The molecule has 1 heterocycles. The molecule has 0 radical (unpaired) electrons. The number of para-hydroxylation sites is 1. The third-order valence-electron chi connectivity index (χ3n) is 3.60. The predicted molar refractivity (Wildman–Crippen MR) is 87.5 cm³/mol. The molecule has 1 unspecified atom stereocenters. The summed E-state index contributed by atoms with van der Waals surface area (Å²) in [5.74, 6) is 1.11. The van der Waals surface area contributed by atoms with Gasteiger partial charge in [-0.25, -0.2) is 8.42 Å². The fourth-order valence-corrected chi connectivity index (χ4v) is 4.23. The fraction of sp³-hybridized carbons (Fsp3) is 0.500. The lowest BCUT2D eigenvalue weighted by Crippen LogP contribution is -2.48. The summed E-state index contributed by atoms with van der Waals surface area (Å²) in [6, 6.07) is 7.41. The van der Waals surface area contributed by atoms with Crippen molar-refractivity contribution in [1.29, 1.82) is 0 Å². The number of ether oxygens (including phenoxy) is 1. The topological polar surface area (TPSA) is 72.6 Å². The van der Waals surface area contributed by atoms with Gasteiger partial charge in [0.2, 0.25) is 0 Å². The normalized spacial score (nSPS) is 21.9. The van der Waals surface area contributed by atoms with Crippen LogP contribution in [-0.4, -0.2) is 55.6 Å². The molecule has 1 aromatic carbocycles. The van der Waals surface area contributed by atoms with Crippen LogP contribution < -0.4 is 10.5 Å². The highest BCUT2D eigenvalue weighted by atomic mass is 32.2. The monoisotopic (exact) mass is 328 g/mol. The van der Waals surface area contributed by atoms with Crippen LogP contribution in [0.3, 0.4) is 0 Å². The van der Waals surface area contributed by atoms with Crippen molar-refractivity contribution in [2.45, 2.75) is 13.0 Å². The maximum Gasteiger partial charge on any atom is 0.153 e. The van der Waals surface area contributed by atoms with Gasteiger partial charge in [-0.3, -0.25) is 4.90 Å². The summed E-state index contributed by atoms with van der Waals surface area (Å²) < 4.78 is 28.8. The molecule has 5 nitrogen and oxygen atoms in total. The second-order valence-electron chi connectivity index (χ2n) is 5.21. The SMILES string of the molecule is CC1CS(=O)(=O)CCN1CCOc1ccccc1C(N)=S. The van der Waals surface area contributed by atoms with E-state index in [0.29, 0.717) is 30.4 Å². The Balaban J connectivity index is 1.89. The number of nitrogens with two attached hydrogens (primary N) is 1. The molecule has 1 saturated heterocycles. The van der Waals surface area contributed by atoms with E-state index in [1.165, 1.54) is 0 Å². The Hall–Kier alpha value is -1.18. The fourth-order valence-electron chi connectivity index (χ4n) is 2.43. The van der Waals surface area contributed by atoms with Gasteiger partial charge in [0.1, 0.15) is 17.3 Å². The first-order valence-corrected chi connectivity index (χ1v) is 9.08. The second-order valence-corrected chi connectivity index (χ2v) is 7.88. The Labute approximate surface area is 131 Å². The van der Waals surface area contributed by atoms with Gasteiger partial charge in [-0.2, -0.15) is 0 Å². The average molecular weight is 328 g/mol. The Bertz CT molecular complexity index is 616. The highest BCUT2D eigenvalue weighted by Crippen LogP contribution is 2.18. The van der Waals surface area contributed by atoms with E-state index >= 15 is 0 Å². The van der Waals surface area contributed by atoms with Crippen LogP contribution in [-0.2, 0) is 9.84 Å². The van der Waals surface area contributed by atoms with E-state index < -0.39 is 9.84 Å². The van der Waals surface area contributed by atoms with Crippen LogP contribution in [0.1, 0.15) is 12.5 Å². The van der Waals surface area contributed by atoms with E-state index in [1.807, 2.05) is 31.2 Å². The zero-order valence-electron chi connectivity index (χ0n) is 12.0. The molecule has 0 aliphatic carbocycles. The standard InChI is InChI=1S/C14H20N2O3S2/c1-11-10-21(17,18)9-7-16(11)6-8-19-13-5-3-2-4-12(13)14(15)20/h2-5,11H,6-10H2,1H3,(H2,15,20). The zero-order valence-corrected chi connectivity index (χ0v) is 13.6. The van der Waals surface area contributed by atoms with Gasteiger partial charge in [0, 0.05) is 19.1 Å². The van der Waals surface area contributed by atoms with Crippen LogP contribution in [0.25, 0.3) is 0 Å². The first kappa shape index (κ1) is 16.2. The molecule has 2 N–H and O–H groups in total. The molecule has 1 aromatic rings. The molecular weight excluding hydrogens is 308 g/mol. The number of sulfone groups is 1. The molecule has 116 valence electrons. The summed E-state index contributed by atoms with van der Waals surface area (Å²) in [6.07, 6.45) is 0. The average Bonchev–Trinajstić information content (AvgIpc) is 2.41. The third kappa shape index (κ3) is 4.39. The summed E-state index contributed by atoms with van der Waals surface area (Å²) in [5.41, 5.74) is 6.38. The van der Waals surface area contributed by atoms with Gasteiger partial charge in [-0.05, 0) is 19.1 Å². The van der Waals surface area contributed by atoms with E-state index in [4.69, 9.17) is 22.7 Å². The molecule has 0 spiro atoms. The van der Waals surface area contributed by atoms with Crippen LogP contribution in [0.15, 0.2) is 24.3 Å². The lowest BCUT2D eigenvalue weighted by Gasteiger charge is -2.32. The summed E-state index contributed by atoms with van der Waals surface area (Å²) >= 11 is 4.99. The van der Waals surface area contributed by atoms with Crippen molar-refractivity contribution in [3.8, 4) is 5.75 Å². The van der Waals surface area contributed by atoms with Crippen LogP contribution in [0.2, 0.25) is 0 Å². The highest BCUT2D eigenvalue weighted by Gasteiger charge is 2.27. The van der Waals surface area contributed by atoms with Gasteiger partial charge in [-0.1, -0.05) is 24.4 Å². The molecule has 0 saturated carbocycles. The molecule has 2 rings (SSSR count). The molecule has 0 amide bonds. The summed E-state index contributed by atoms with van der Waals surface area (Å²) in [6.45, 7) is 3.65. The van der Waals surface area contributed by atoms with Gasteiger partial charge >= 0.3 is 0 Å². The van der Waals surface area contributed by atoms with Crippen molar-refractivity contribution in [1.82, 2.24) is 4.90 Å². The van der Waals surface area contributed by atoms with Gasteiger partial charge in [-0.15, -0.1) is 0 Å². The lowest BCUT2D eigenvalue weighted by molar-refractivity contribution is 0.179. The molecule has 0 aromatic heterocycles. The summed E-state index contributed by atoms with van der Waals surface area (Å²) in [5, 5.41) is 0. The Morgan fingerprint density at radius 1 is 1.48 bits per heavy atom. The zero-order chi connectivity index (χ0) is 15.5. The van der Waals surface area contributed by atoms with Crippen LogP contribution >= 0.6 is 12.2 Å². The maximum absolute atomic E-state index is 11.5. The Morgan fingerprint density at radius 2 is 2.19 bits per heavy atom.